The first-order valence-electron chi connectivity index (χ1n) is 8.70. The van der Waals surface area contributed by atoms with Gasteiger partial charge in [-0.3, -0.25) is 14.8 Å². The molecule has 7 heteroatoms. The number of benzene rings is 1. The van der Waals surface area contributed by atoms with Crippen LogP contribution in [0.15, 0.2) is 28.7 Å². The third-order valence-electron chi connectivity index (χ3n) is 4.65. The second-order valence-corrected chi connectivity index (χ2v) is 6.42. The molecule has 2 amide bonds. The van der Waals surface area contributed by atoms with E-state index in [0.717, 1.165) is 24.8 Å². The zero-order chi connectivity index (χ0) is 17.8. The zero-order valence-corrected chi connectivity index (χ0v) is 14.3. The zero-order valence-electron chi connectivity index (χ0n) is 14.3. The monoisotopic (exact) mass is 345 g/mol. The molecule has 1 aromatic heterocycles. The average Bonchev–Trinajstić information content (AvgIpc) is 3.26. The second-order valence-electron chi connectivity index (χ2n) is 6.42. The minimum absolute atomic E-state index is 0.00690. The number of carbonyl (C=O) groups excluding carboxylic acids is 2. The molecule has 7 nitrogen and oxygen atoms in total. The van der Waals surface area contributed by atoms with Gasteiger partial charge in [-0.1, -0.05) is 25.5 Å². The van der Waals surface area contributed by atoms with Crippen LogP contribution in [0.2, 0.25) is 0 Å². The van der Waals surface area contributed by atoms with E-state index in [1.807, 2.05) is 31.2 Å². The van der Waals surface area contributed by atoms with Gasteiger partial charge in [-0.2, -0.15) is 0 Å². The van der Waals surface area contributed by atoms with Gasteiger partial charge in [0.1, 0.15) is 11.6 Å². The second kappa shape index (κ2) is 7.65. The molecule has 1 N–H and O–H groups in total. The van der Waals surface area contributed by atoms with Gasteiger partial charge in [-0.25, -0.2) is 10.0 Å². The van der Waals surface area contributed by atoms with Crippen LogP contribution in [0.1, 0.15) is 44.5 Å². The summed E-state index contributed by atoms with van der Waals surface area (Å²) in [6.45, 7) is 2.62. The van der Waals surface area contributed by atoms with Gasteiger partial charge in [0.05, 0.1) is 12.5 Å². The number of rotatable bonds is 7. The molecular formula is C18H23N3O4. The van der Waals surface area contributed by atoms with Crippen LogP contribution < -0.4 is 0 Å². The van der Waals surface area contributed by atoms with E-state index in [9.17, 15) is 14.8 Å². The van der Waals surface area contributed by atoms with Crippen molar-refractivity contribution in [3.05, 3.63) is 30.2 Å². The van der Waals surface area contributed by atoms with Crippen LogP contribution in [-0.4, -0.2) is 45.6 Å². The molecule has 2 aromatic rings. The maximum absolute atomic E-state index is 13.0. The van der Waals surface area contributed by atoms with E-state index in [1.165, 1.54) is 0 Å². The molecule has 1 aliphatic heterocycles. The Balaban J connectivity index is 1.81. The number of hydrogen-bond acceptors (Lipinski definition) is 5. The molecule has 1 aliphatic rings. The van der Waals surface area contributed by atoms with Crippen molar-refractivity contribution in [3.63, 3.8) is 0 Å². The van der Waals surface area contributed by atoms with Crippen molar-refractivity contribution in [2.24, 2.45) is 5.92 Å². The maximum atomic E-state index is 13.0. The van der Waals surface area contributed by atoms with E-state index in [4.69, 9.17) is 4.42 Å². The van der Waals surface area contributed by atoms with E-state index in [2.05, 4.69) is 4.98 Å². The lowest BCUT2D eigenvalue weighted by molar-refractivity contribution is -0.157. The highest BCUT2D eigenvalue weighted by Gasteiger charge is 2.36. The van der Waals surface area contributed by atoms with Gasteiger partial charge >= 0.3 is 0 Å². The lowest BCUT2D eigenvalue weighted by atomic mass is 10.0. The summed E-state index contributed by atoms with van der Waals surface area (Å²) in [6.07, 6.45) is 3.42. The predicted octanol–water partition coefficient (Wildman–Crippen LogP) is 2.76. The summed E-state index contributed by atoms with van der Waals surface area (Å²) < 4.78 is 5.85. The molecule has 2 atom stereocenters. The highest BCUT2D eigenvalue weighted by atomic mass is 16.5. The van der Waals surface area contributed by atoms with Crippen LogP contribution in [0.5, 0.6) is 0 Å². The van der Waals surface area contributed by atoms with Crippen molar-refractivity contribution in [2.75, 3.05) is 13.1 Å². The highest BCUT2D eigenvalue weighted by Crippen LogP contribution is 2.34. The minimum Gasteiger partial charge on any atom is -0.438 e. The molecule has 0 spiro atoms. The Morgan fingerprint density at radius 1 is 1.52 bits per heavy atom. The summed E-state index contributed by atoms with van der Waals surface area (Å²) in [4.78, 5) is 30.0. The van der Waals surface area contributed by atoms with Gasteiger partial charge < -0.3 is 9.32 Å². The van der Waals surface area contributed by atoms with Crippen LogP contribution in [0.3, 0.4) is 0 Å². The van der Waals surface area contributed by atoms with Crippen molar-refractivity contribution in [1.29, 1.82) is 0 Å². The average molecular weight is 345 g/mol. The van der Waals surface area contributed by atoms with Gasteiger partial charge in [0.25, 0.3) is 0 Å². The molecule has 1 fully saturated rings. The van der Waals surface area contributed by atoms with Gasteiger partial charge in [0.15, 0.2) is 5.58 Å². The summed E-state index contributed by atoms with van der Waals surface area (Å²) >= 11 is 0. The molecule has 3 rings (SSSR count). The van der Waals surface area contributed by atoms with E-state index < -0.39 is 5.92 Å². The van der Waals surface area contributed by atoms with Crippen molar-refractivity contribution < 1.29 is 19.2 Å². The predicted molar refractivity (Wildman–Crippen MR) is 90.7 cm³/mol. The number of hydrogen-bond donors (Lipinski definition) is 1. The quantitative estimate of drug-likeness (QED) is 0.474. The Kier molecular flexibility index (Phi) is 5.33. The summed E-state index contributed by atoms with van der Waals surface area (Å²) in [6, 6.07) is 7.35. The Labute approximate surface area is 146 Å². The number of carbonyl (C=O) groups is 2. The van der Waals surface area contributed by atoms with Crippen LogP contribution in [0, 0.1) is 5.92 Å². The summed E-state index contributed by atoms with van der Waals surface area (Å²) in [5, 5.41) is 10.0. The van der Waals surface area contributed by atoms with Gasteiger partial charge in [-0.15, -0.1) is 0 Å². The van der Waals surface area contributed by atoms with Crippen molar-refractivity contribution in [3.8, 4) is 0 Å². The number of nitrogens with zero attached hydrogens (tertiary/aromatic N) is 3. The molecule has 134 valence electrons. The highest BCUT2D eigenvalue weighted by molar-refractivity contribution is 5.80. The normalized spacial score (nSPS) is 18.5. The Bertz CT molecular complexity index is 712. The first kappa shape index (κ1) is 17.4. The lowest BCUT2D eigenvalue weighted by Gasteiger charge is -2.28. The fraction of sp³-hybridized carbons (Fsp3) is 0.500. The molecule has 0 saturated carbocycles. The number of hydroxylamine groups is 2. The van der Waals surface area contributed by atoms with Crippen LogP contribution >= 0.6 is 0 Å². The molecule has 1 aromatic carbocycles. The van der Waals surface area contributed by atoms with Gasteiger partial charge in [0, 0.05) is 6.54 Å². The van der Waals surface area contributed by atoms with Gasteiger partial charge in [-0.05, 0) is 31.4 Å². The molecule has 0 radical (unpaired) electrons. The topological polar surface area (TPSA) is 86.9 Å². The van der Waals surface area contributed by atoms with E-state index >= 15 is 0 Å². The SMILES string of the molecule is CCC[C@H](CN(O)C=O)C(=O)N1CCC[C@H]1c1nc2ccccc2o1. The van der Waals surface area contributed by atoms with E-state index in [-0.39, 0.29) is 18.5 Å². The lowest BCUT2D eigenvalue weighted by Crippen LogP contribution is -2.40. The van der Waals surface area contributed by atoms with Crippen molar-refractivity contribution in [1.82, 2.24) is 14.9 Å². The van der Waals surface area contributed by atoms with Crippen LogP contribution in [-0.2, 0) is 9.59 Å². The Hall–Kier alpha value is -2.41. The fourth-order valence-corrected chi connectivity index (χ4v) is 3.46. The first-order valence-corrected chi connectivity index (χ1v) is 8.70. The number of oxazole rings is 1. The summed E-state index contributed by atoms with van der Waals surface area (Å²) in [5.74, 6) is 0.0659. The number of aromatic nitrogens is 1. The third kappa shape index (κ3) is 3.66. The van der Waals surface area contributed by atoms with Crippen LogP contribution in [0.25, 0.3) is 11.1 Å². The van der Waals surface area contributed by atoms with Crippen LogP contribution in [0.4, 0.5) is 0 Å². The number of amides is 2. The molecule has 0 bridgehead atoms. The number of para-hydroxylation sites is 2. The maximum Gasteiger partial charge on any atom is 0.233 e. The van der Waals surface area contributed by atoms with E-state index in [0.29, 0.717) is 35.9 Å². The first-order chi connectivity index (χ1) is 12.1. The molecule has 0 aliphatic carbocycles. The number of fused-ring (bicyclic) bond motifs is 1. The summed E-state index contributed by atoms with van der Waals surface area (Å²) in [5.41, 5.74) is 1.49. The molecule has 2 heterocycles. The molecular weight excluding hydrogens is 322 g/mol. The van der Waals surface area contributed by atoms with Crippen molar-refractivity contribution in [2.45, 2.75) is 38.6 Å². The molecule has 1 saturated heterocycles. The smallest absolute Gasteiger partial charge is 0.233 e. The fourth-order valence-electron chi connectivity index (χ4n) is 3.46. The van der Waals surface area contributed by atoms with Gasteiger partial charge in [0.2, 0.25) is 18.2 Å². The van der Waals surface area contributed by atoms with E-state index in [1.54, 1.807) is 4.90 Å². The number of likely N-dealkylation sites (tertiary alicyclic amines) is 1. The molecule has 0 unspecified atom stereocenters. The Morgan fingerprint density at radius 3 is 3.04 bits per heavy atom. The third-order valence-corrected chi connectivity index (χ3v) is 4.65. The standard InChI is InChI=1S/C18H23N3O4/c1-2-6-13(11-20(24)12-22)18(23)21-10-5-8-15(21)17-19-14-7-3-4-9-16(14)25-17/h3-4,7,9,12-13,15,24H,2,5-6,8,10-11H2,1H3/t13-,15+/m1/s1. The van der Waals surface area contributed by atoms with Crippen molar-refractivity contribution >= 4 is 23.4 Å². The molecule has 25 heavy (non-hydrogen) atoms. The minimum atomic E-state index is -0.426. The largest absolute Gasteiger partial charge is 0.438 e. The Morgan fingerprint density at radius 2 is 2.32 bits per heavy atom. The summed E-state index contributed by atoms with van der Waals surface area (Å²) in [7, 11) is 0.